The minimum absolute atomic E-state index is 0.0147. The monoisotopic (exact) mass is 392 g/mol. The summed E-state index contributed by atoms with van der Waals surface area (Å²) in [6.45, 7) is 2.88. The summed E-state index contributed by atoms with van der Waals surface area (Å²) in [7, 11) is 0. The van der Waals surface area contributed by atoms with E-state index in [9.17, 15) is 4.79 Å². The second kappa shape index (κ2) is 6.45. The molecule has 0 radical (unpaired) electrons. The summed E-state index contributed by atoms with van der Waals surface area (Å²) < 4.78 is 1.75. The summed E-state index contributed by atoms with van der Waals surface area (Å²) in [5.41, 5.74) is 5.16. The molecule has 0 saturated heterocycles. The number of benzene rings is 2. The van der Waals surface area contributed by atoms with Gasteiger partial charge in [0.05, 0.1) is 18.3 Å². The molecule has 7 nitrogen and oxygen atoms in total. The van der Waals surface area contributed by atoms with Crippen LogP contribution in [0.25, 0.3) is 11.0 Å². The molecule has 2 aromatic carbocycles. The molecule has 140 valence electrons. The third kappa shape index (κ3) is 2.75. The Morgan fingerprint density at radius 2 is 1.93 bits per heavy atom. The maximum Gasteiger partial charge on any atom is 0.255 e. The third-order valence-electron chi connectivity index (χ3n) is 5.12. The summed E-state index contributed by atoms with van der Waals surface area (Å²) in [6.07, 6.45) is 0. The Balaban J connectivity index is 1.52. The van der Waals surface area contributed by atoms with Gasteiger partial charge in [-0.25, -0.2) is 0 Å². The molecule has 1 aliphatic rings. The van der Waals surface area contributed by atoms with E-state index in [1.54, 1.807) is 4.68 Å². The van der Waals surface area contributed by atoms with Crippen LogP contribution in [0.5, 0.6) is 0 Å². The van der Waals surface area contributed by atoms with Crippen LogP contribution in [0.3, 0.4) is 0 Å². The van der Waals surface area contributed by atoms with E-state index in [0.29, 0.717) is 18.2 Å². The number of aromatic amines is 1. The first-order valence-electron chi connectivity index (χ1n) is 8.99. The Bertz CT molecular complexity index is 1200. The first-order chi connectivity index (χ1) is 13.6. The number of nitrogens with zero attached hydrogens (tertiary/aromatic N) is 5. The van der Waals surface area contributed by atoms with Crippen LogP contribution in [0.4, 0.5) is 0 Å². The van der Waals surface area contributed by atoms with E-state index in [1.165, 1.54) is 0 Å². The maximum absolute atomic E-state index is 13.1. The van der Waals surface area contributed by atoms with Crippen molar-refractivity contribution in [2.75, 3.05) is 0 Å². The molecule has 2 aromatic heterocycles. The van der Waals surface area contributed by atoms with Crippen LogP contribution in [0.2, 0.25) is 5.15 Å². The van der Waals surface area contributed by atoms with Crippen molar-refractivity contribution >= 4 is 28.5 Å². The Morgan fingerprint density at radius 3 is 2.75 bits per heavy atom. The summed E-state index contributed by atoms with van der Waals surface area (Å²) >= 11 is 6.33. The predicted molar refractivity (Wildman–Crippen MR) is 105 cm³/mol. The molecule has 0 saturated carbocycles. The highest BCUT2D eigenvalue weighted by Crippen LogP contribution is 2.36. The number of H-pyrrole nitrogens is 1. The Morgan fingerprint density at radius 1 is 1.11 bits per heavy atom. The van der Waals surface area contributed by atoms with Crippen molar-refractivity contribution in [3.05, 3.63) is 76.1 Å². The highest BCUT2D eigenvalue weighted by molar-refractivity contribution is 6.29. The van der Waals surface area contributed by atoms with Crippen molar-refractivity contribution in [2.24, 2.45) is 0 Å². The van der Waals surface area contributed by atoms with Gasteiger partial charge in [0.2, 0.25) is 0 Å². The first kappa shape index (κ1) is 16.9. The van der Waals surface area contributed by atoms with Crippen molar-refractivity contribution in [1.82, 2.24) is 30.1 Å². The molecule has 0 spiro atoms. The average Bonchev–Trinajstić information content (AvgIpc) is 3.35. The van der Waals surface area contributed by atoms with E-state index in [1.807, 2.05) is 60.4 Å². The normalized spacial score (nSPS) is 16.1. The molecule has 3 heterocycles. The van der Waals surface area contributed by atoms with Crippen molar-refractivity contribution in [1.29, 1.82) is 0 Å². The first-order valence-corrected chi connectivity index (χ1v) is 9.37. The summed E-state index contributed by atoms with van der Waals surface area (Å²) in [5.74, 6) is 0.0147. The number of aryl methyl sites for hydroxylation is 1. The molecule has 8 heteroatoms. The molecule has 1 atom stereocenters. The Hall–Kier alpha value is -3.19. The van der Waals surface area contributed by atoms with Gasteiger partial charge in [0.25, 0.3) is 5.91 Å². The molecule has 0 bridgehead atoms. The van der Waals surface area contributed by atoms with Crippen LogP contribution in [-0.2, 0) is 13.1 Å². The number of hydrogen-bond donors (Lipinski definition) is 1. The van der Waals surface area contributed by atoms with Crippen molar-refractivity contribution in [3.63, 3.8) is 0 Å². The van der Waals surface area contributed by atoms with Gasteiger partial charge in [-0.2, -0.15) is 20.5 Å². The number of aromatic nitrogens is 5. The number of carbonyl (C=O) groups excluding carboxylic acids is 1. The number of amides is 1. The fourth-order valence-corrected chi connectivity index (χ4v) is 4.08. The number of fused-ring (bicyclic) bond motifs is 2. The van der Waals surface area contributed by atoms with Crippen LogP contribution >= 0.6 is 11.6 Å². The molecule has 4 aromatic rings. The number of nitrogens with one attached hydrogen (secondary N) is 1. The van der Waals surface area contributed by atoms with Crippen molar-refractivity contribution in [2.45, 2.75) is 26.1 Å². The van der Waals surface area contributed by atoms with E-state index in [2.05, 4.69) is 20.5 Å². The molecule has 0 fully saturated rings. The van der Waals surface area contributed by atoms with E-state index in [4.69, 9.17) is 11.6 Å². The standard InChI is InChI=1S/C20H17ClN6O/c1-12-8-19(21)27(24-12)11-18-14-4-2-3-5-15(14)20(28)26(18)10-13-6-7-16-17(9-13)23-25-22-16/h2-9,18H,10-11H2,1H3,(H,22,23,25). The number of rotatable bonds is 4. The van der Waals surface area contributed by atoms with Gasteiger partial charge >= 0.3 is 0 Å². The van der Waals surface area contributed by atoms with Crippen molar-refractivity contribution < 1.29 is 4.79 Å². The SMILES string of the molecule is Cc1cc(Cl)n(CC2c3ccccc3C(=O)N2Cc2ccc3n[nH]nc3c2)n1. The molecule has 28 heavy (non-hydrogen) atoms. The van der Waals surface area contributed by atoms with E-state index >= 15 is 0 Å². The highest BCUT2D eigenvalue weighted by Gasteiger charge is 2.37. The smallest absolute Gasteiger partial charge is 0.255 e. The van der Waals surface area contributed by atoms with Crippen LogP contribution in [0.15, 0.2) is 48.5 Å². The average molecular weight is 393 g/mol. The zero-order chi connectivity index (χ0) is 19.3. The van der Waals surface area contributed by atoms with Gasteiger partial charge in [-0.15, -0.1) is 0 Å². The van der Waals surface area contributed by atoms with Crippen LogP contribution in [0, 0.1) is 6.92 Å². The lowest BCUT2D eigenvalue weighted by Gasteiger charge is -2.26. The fraction of sp³-hybridized carbons (Fsp3) is 0.200. The Kier molecular flexibility index (Phi) is 3.91. The lowest BCUT2D eigenvalue weighted by Crippen LogP contribution is -2.30. The quantitative estimate of drug-likeness (QED) is 0.576. The molecule has 1 unspecified atom stereocenters. The number of carbonyl (C=O) groups is 1. The molecule has 1 amide bonds. The molecular weight excluding hydrogens is 376 g/mol. The van der Waals surface area contributed by atoms with Gasteiger partial charge in [0.15, 0.2) is 0 Å². The predicted octanol–water partition coefficient (Wildman–Crippen LogP) is 3.51. The van der Waals surface area contributed by atoms with Gasteiger partial charge < -0.3 is 4.90 Å². The fourth-order valence-electron chi connectivity index (χ4n) is 3.81. The largest absolute Gasteiger partial charge is 0.325 e. The van der Waals surface area contributed by atoms with Crippen molar-refractivity contribution in [3.8, 4) is 0 Å². The second-order valence-electron chi connectivity index (χ2n) is 6.97. The lowest BCUT2D eigenvalue weighted by molar-refractivity contribution is 0.0690. The minimum Gasteiger partial charge on any atom is -0.325 e. The number of hydrogen-bond acceptors (Lipinski definition) is 4. The minimum atomic E-state index is -0.145. The van der Waals surface area contributed by atoms with E-state index in [-0.39, 0.29) is 11.9 Å². The molecular formula is C20H17ClN6O. The maximum atomic E-state index is 13.1. The van der Waals surface area contributed by atoms with Gasteiger partial charge in [-0.3, -0.25) is 9.48 Å². The highest BCUT2D eigenvalue weighted by atomic mass is 35.5. The third-order valence-corrected chi connectivity index (χ3v) is 5.42. The second-order valence-corrected chi connectivity index (χ2v) is 7.36. The van der Waals surface area contributed by atoms with Gasteiger partial charge in [-0.05, 0) is 42.3 Å². The molecule has 1 aliphatic heterocycles. The summed E-state index contributed by atoms with van der Waals surface area (Å²) in [6, 6.07) is 15.3. The zero-order valence-electron chi connectivity index (χ0n) is 15.1. The van der Waals surface area contributed by atoms with Gasteiger partial charge in [0, 0.05) is 12.1 Å². The Labute approximate surface area is 165 Å². The summed E-state index contributed by atoms with van der Waals surface area (Å²) in [4.78, 5) is 15.0. The lowest BCUT2D eigenvalue weighted by atomic mass is 10.0. The zero-order valence-corrected chi connectivity index (χ0v) is 15.9. The van der Waals surface area contributed by atoms with Gasteiger partial charge in [-0.1, -0.05) is 35.9 Å². The molecule has 5 rings (SSSR count). The van der Waals surface area contributed by atoms with E-state index in [0.717, 1.165) is 33.4 Å². The molecule has 1 N–H and O–H groups in total. The van der Waals surface area contributed by atoms with Gasteiger partial charge in [0.1, 0.15) is 16.2 Å². The number of halogens is 1. The summed E-state index contributed by atoms with van der Waals surface area (Å²) in [5, 5.41) is 15.9. The van der Waals surface area contributed by atoms with E-state index < -0.39 is 0 Å². The molecule has 0 aliphatic carbocycles. The van der Waals surface area contributed by atoms with Crippen LogP contribution in [0.1, 0.15) is 33.2 Å². The van der Waals surface area contributed by atoms with Crippen LogP contribution in [-0.4, -0.2) is 36.0 Å². The topological polar surface area (TPSA) is 79.7 Å². The van der Waals surface area contributed by atoms with Crippen LogP contribution < -0.4 is 0 Å².